The van der Waals surface area contributed by atoms with Crippen LogP contribution in [0.5, 0.6) is 11.8 Å². The van der Waals surface area contributed by atoms with E-state index in [1.165, 1.54) is 12.1 Å². The molecular weight excluding hydrogens is 283 g/mol. The Balaban J connectivity index is 2.19. The molecule has 0 unspecified atom stereocenters. The van der Waals surface area contributed by atoms with Gasteiger partial charge in [-0.1, -0.05) is 6.92 Å². The van der Waals surface area contributed by atoms with Gasteiger partial charge in [-0.3, -0.25) is 0 Å². The summed E-state index contributed by atoms with van der Waals surface area (Å²) in [6, 6.07) is 4.45. The van der Waals surface area contributed by atoms with E-state index in [4.69, 9.17) is 16.3 Å². The fourth-order valence-electron chi connectivity index (χ4n) is 1.48. The molecule has 0 amide bonds. The molecule has 2 aromatic rings. The van der Waals surface area contributed by atoms with Crippen LogP contribution in [0.2, 0.25) is 5.28 Å². The normalized spacial score (nSPS) is 10.4. The summed E-state index contributed by atoms with van der Waals surface area (Å²) < 4.78 is 18.6. The first-order valence-electron chi connectivity index (χ1n) is 6.18. The van der Waals surface area contributed by atoms with Gasteiger partial charge in [-0.2, -0.15) is 15.0 Å². The molecule has 5 nitrogen and oxygen atoms in total. The minimum Gasteiger partial charge on any atom is -0.424 e. The average Bonchev–Trinajstić information content (AvgIpc) is 2.40. The third-order valence-electron chi connectivity index (χ3n) is 2.46. The maximum Gasteiger partial charge on any atom is 0.328 e. The van der Waals surface area contributed by atoms with Crippen LogP contribution in [-0.2, 0) is 0 Å². The number of aryl methyl sites for hydroxylation is 1. The first-order chi connectivity index (χ1) is 9.58. The van der Waals surface area contributed by atoms with Crippen LogP contribution in [0.25, 0.3) is 0 Å². The van der Waals surface area contributed by atoms with E-state index in [0.29, 0.717) is 17.3 Å². The number of aromatic nitrogens is 3. The van der Waals surface area contributed by atoms with Crippen molar-refractivity contribution in [2.45, 2.75) is 20.3 Å². The summed E-state index contributed by atoms with van der Waals surface area (Å²) in [5, 5.41) is 3.03. The predicted molar refractivity (Wildman–Crippen MR) is 74.8 cm³/mol. The molecule has 7 heteroatoms. The topological polar surface area (TPSA) is 59.9 Å². The number of benzene rings is 1. The Hall–Kier alpha value is -1.95. The number of nitrogens with zero attached hydrogens (tertiary/aromatic N) is 3. The molecule has 1 N–H and O–H groups in total. The molecule has 0 aliphatic heterocycles. The summed E-state index contributed by atoms with van der Waals surface area (Å²) in [6.45, 7) is 4.39. The number of rotatable bonds is 5. The Morgan fingerprint density at radius 2 is 2.10 bits per heavy atom. The van der Waals surface area contributed by atoms with Crippen LogP contribution in [-0.4, -0.2) is 21.5 Å². The van der Waals surface area contributed by atoms with Gasteiger partial charge in [-0.15, -0.1) is 0 Å². The van der Waals surface area contributed by atoms with Gasteiger partial charge in [0.2, 0.25) is 11.2 Å². The largest absolute Gasteiger partial charge is 0.424 e. The van der Waals surface area contributed by atoms with Gasteiger partial charge in [-0.25, -0.2) is 4.39 Å². The van der Waals surface area contributed by atoms with Crippen molar-refractivity contribution in [2.24, 2.45) is 0 Å². The summed E-state index contributed by atoms with van der Waals surface area (Å²) in [6.07, 6.45) is 0.927. The van der Waals surface area contributed by atoms with E-state index < -0.39 is 0 Å². The summed E-state index contributed by atoms with van der Waals surface area (Å²) >= 11 is 5.81. The van der Waals surface area contributed by atoms with E-state index in [0.717, 1.165) is 13.0 Å². The van der Waals surface area contributed by atoms with Gasteiger partial charge in [0.15, 0.2) is 0 Å². The van der Waals surface area contributed by atoms with Gasteiger partial charge in [0.05, 0.1) is 0 Å². The highest BCUT2D eigenvalue weighted by Gasteiger charge is 2.08. The van der Waals surface area contributed by atoms with Crippen molar-refractivity contribution in [1.29, 1.82) is 0 Å². The van der Waals surface area contributed by atoms with Crippen LogP contribution < -0.4 is 10.1 Å². The number of hydrogen-bond acceptors (Lipinski definition) is 5. The summed E-state index contributed by atoms with van der Waals surface area (Å²) in [5.74, 6) is 0.490. The quantitative estimate of drug-likeness (QED) is 0.913. The van der Waals surface area contributed by atoms with E-state index >= 15 is 0 Å². The van der Waals surface area contributed by atoms with Gasteiger partial charge in [0.1, 0.15) is 11.6 Å². The molecule has 0 aliphatic rings. The standard InChI is InChI=1S/C13H14ClFN4O/c1-3-6-16-12-17-11(14)18-13(19-12)20-9-4-5-10(15)8(2)7-9/h4-5,7H,3,6H2,1-2H3,(H,16,17,18,19). The van der Waals surface area contributed by atoms with Crippen molar-refractivity contribution in [3.05, 3.63) is 34.9 Å². The predicted octanol–water partition coefficient (Wildman–Crippen LogP) is 3.59. The van der Waals surface area contributed by atoms with Crippen molar-refractivity contribution >= 4 is 17.5 Å². The molecule has 0 saturated carbocycles. The van der Waals surface area contributed by atoms with Gasteiger partial charge in [0.25, 0.3) is 0 Å². The Bertz CT molecular complexity index is 609. The Labute approximate surface area is 121 Å². The van der Waals surface area contributed by atoms with Gasteiger partial charge >= 0.3 is 6.01 Å². The summed E-state index contributed by atoms with van der Waals surface area (Å²) in [5.41, 5.74) is 0.479. The minimum absolute atomic E-state index is 0.0347. The highest BCUT2D eigenvalue weighted by molar-refractivity contribution is 6.28. The van der Waals surface area contributed by atoms with Crippen LogP contribution in [0, 0.1) is 12.7 Å². The lowest BCUT2D eigenvalue weighted by Gasteiger charge is -2.07. The van der Waals surface area contributed by atoms with E-state index in [-0.39, 0.29) is 17.1 Å². The van der Waals surface area contributed by atoms with Crippen LogP contribution in [0.3, 0.4) is 0 Å². The molecule has 0 spiro atoms. The van der Waals surface area contributed by atoms with Gasteiger partial charge < -0.3 is 10.1 Å². The summed E-state index contributed by atoms with van der Waals surface area (Å²) in [7, 11) is 0. The molecule has 0 aliphatic carbocycles. The highest BCUT2D eigenvalue weighted by atomic mass is 35.5. The number of hydrogen-bond donors (Lipinski definition) is 1. The molecule has 0 saturated heterocycles. The SMILES string of the molecule is CCCNc1nc(Cl)nc(Oc2ccc(F)c(C)c2)n1. The molecule has 20 heavy (non-hydrogen) atoms. The molecule has 0 fully saturated rings. The lowest BCUT2D eigenvalue weighted by molar-refractivity contribution is 0.438. The smallest absolute Gasteiger partial charge is 0.328 e. The second-order valence-corrected chi connectivity index (χ2v) is 4.49. The highest BCUT2D eigenvalue weighted by Crippen LogP contribution is 2.22. The molecule has 2 rings (SSSR count). The molecule has 0 radical (unpaired) electrons. The molecule has 0 bridgehead atoms. The fraction of sp³-hybridized carbons (Fsp3) is 0.308. The molecule has 0 atom stereocenters. The van der Waals surface area contributed by atoms with E-state index in [2.05, 4.69) is 20.3 Å². The van der Waals surface area contributed by atoms with E-state index in [9.17, 15) is 4.39 Å². The zero-order chi connectivity index (χ0) is 14.5. The second-order valence-electron chi connectivity index (χ2n) is 4.15. The van der Waals surface area contributed by atoms with Gasteiger partial charge in [0, 0.05) is 6.54 Å². The molecule has 1 aromatic carbocycles. The fourth-order valence-corrected chi connectivity index (χ4v) is 1.63. The number of halogens is 2. The Morgan fingerprint density at radius 1 is 1.30 bits per heavy atom. The van der Waals surface area contributed by atoms with Crippen molar-refractivity contribution < 1.29 is 9.13 Å². The van der Waals surface area contributed by atoms with Crippen molar-refractivity contribution in [2.75, 3.05) is 11.9 Å². The van der Waals surface area contributed by atoms with Crippen molar-refractivity contribution in [3.8, 4) is 11.8 Å². The number of ether oxygens (including phenoxy) is 1. The zero-order valence-corrected chi connectivity index (χ0v) is 11.9. The van der Waals surface area contributed by atoms with Crippen LogP contribution >= 0.6 is 11.6 Å². The number of nitrogens with one attached hydrogen (secondary N) is 1. The third kappa shape index (κ3) is 3.77. The zero-order valence-electron chi connectivity index (χ0n) is 11.2. The third-order valence-corrected chi connectivity index (χ3v) is 2.63. The van der Waals surface area contributed by atoms with E-state index in [1.807, 2.05) is 6.92 Å². The van der Waals surface area contributed by atoms with Crippen LogP contribution in [0.1, 0.15) is 18.9 Å². The maximum absolute atomic E-state index is 13.2. The Kier molecular flexibility index (Phi) is 4.68. The monoisotopic (exact) mass is 296 g/mol. The molecule has 106 valence electrons. The second kappa shape index (κ2) is 6.47. The average molecular weight is 297 g/mol. The maximum atomic E-state index is 13.2. The first kappa shape index (κ1) is 14.5. The van der Waals surface area contributed by atoms with Crippen molar-refractivity contribution in [3.63, 3.8) is 0 Å². The van der Waals surface area contributed by atoms with Gasteiger partial charge in [-0.05, 0) is 48.7 Å². The molecule has 1 aromatic heterocycles. The lowest BCUT2D eigenvalue weighted by Crippen LogP contribution is -2.06. The number of anilines is 1. The molecular formula is C13H14ClFN4O. The minimum atomic E-state index is -0.295. The van der Waals surface area contributed by atoms with E-state index in [1.54, 1.807) is 13.0 Å². The lowest BCUT2D eigenvalue weighted by atomic mass is 10.2. The summed E-state index contributed by atoms with van der Waals surface area (Å²) in [4.78, 5) is 11.9. The molecule has 1 heterocycles. The first-order valence-corrected chi connectivity index (χ1v) is 6.55. The van der Waals surface area contributed by atoms with Crippen molar-refractivity contribution in [1.82, 2.24) is 15.0 Å². The Morgan fingerprint density at radius 3 is 2.80 bits per heavy atom. The van der Waals surface area contributed by atoms with Crippen LogP contribution in [0.15, 0.2) is 18.2 Å². The van der Waals surface area contributed by atoms with Crippen LogP contribution in [0.4, 0.5) is 10.3 Å².